The lowest BCUT2D eigenvalue weighted by Gasteiger charge is -2.11. The number of rotatable bonds is 9. The highest BCUT2D eigenvalue weighted by atomic mass is 35.5. The van der Waals surface area contributed by atoms with Gasteiger partial charge in [-0.05, 0) is 12.1 Å². The zero-order valence-electron chi connectivity index (χ0n) is 15.5. The smallest absolute Gasteiger partial charge is 0.420 e. The van der Waals surface area contributed by atoms with Crippen LogP contribution in [0.15, 0.2) is 30.3 Å². The fourth-order valence-corrected chi connectivity index (χ4v) is 4.22. The Labute approximate surface area is 173 Å². The van der Waals surface area contributed by atoms with Crippen molar-refractivity contribution in [1.29, 1.82) is 0 Å². The highest BCUT2D eigenvalue weighted by molar-refractivity contribution is 7.64. The lowest BCUT2D eigenvalue weighted by molar-refractivity contribution is 0.0989. The van der Waals surface area contributed by atoms with Crippen LogP contribution in [-0.4, -0.2) is 38.8 Å². The first-order valence-corrected chi connectivity index (χ1v) is 10.3. The first kappa shape index (κ1) is 22.2. The standard InChI is InChI=1S/C19H18Cl2O6P/c1-25-11-9-15(26-2)18(16(10-11)27-3)19(23)28(24)8-7-14(22)17-12(20)5-4-6-13(17)21/h4-6,9-10H,7-8H2,1-3H3/q+1. The molecule has 0 aliphatic rings. The largest absolute Gasteiger partial charge is 0.496 e. The van der Waals surface area contributed by atoms with Gasteiger partial charge in [0.15, 0.2) is 17.5 Å². The third-order valence-corrected chi connectivity index (χ3v) is 5.88. The summed E-state index contributed by atoms with van der Waals surface area (Å²) in [6.07, 6.45) is -0.307. The Balaban J connectivity index is 2.22. The molecule has 0 fully saturated rings. The molecule has 0 saturated carbocycles. The lowest BCUT2D eigenvalue weighted by atomic mass is 10.1. The van der Waals surface area contributed by atoms with E-state index in [9.17, 15) is 14.2 Å². The molecule has 2 aromatic carbocycles. The van der Waals surface area contributed by atoms with Crippen LogP contribution in [0.5, 0.6) is 17.2 Å². The van der Waals surface area contributed by atoms with Gasteiger partial charge in [-0.15, -0.1) is 0 Å². The molecule has 1 unspecified atom stereocenters. The van der Waals surface area contributed by atoms with E-state index < -0.39 is 13.3 Å². The van der Waals surface area contributed by atoms with E-state index in [0.717, 1.165) is 0 Å². The van der Waals surface area contributed by atoms with Crippen molar-refractivity contribution in [3.05, 3.63) is 51.5 Å². The third-order valence-electron chi connectivity index (χ3n) is 3.94. The molecule has 2 rings (SSSR count). The predicted octanol–water partition coefficient (Wildman–Crippen LogP) is 5.26. The Hall–Kier alpha value is -2.14. The van der Waals surface area contributed by atoms with Crippen molar-refractivity contribution in [2.45, 2.75) is 6.42 Å². The first-order chi connectivity index (χ1) is 13.3. The molecule has 0 bridgehead atoms. The molecule has 0 spiro atoms. The van der Waals surface area contributed by atoms with Gasteiger partial charge in [0.1, 0.15) is 17.2 Å². The van der Waals surface area contributed by atoms with E-state index in [1.807, 2.05) is 0 Å². The normalized spacial score (nSPS) is 11.0. The molecule has 0 aliphatic carbocycles. The first-order valence-electron chi connectivity index (χ1n) is 8.10. The molecule has 9 heteroatoms. The van der Waals surface area contributed by atoms with Crippen LogP contribution in [0.4, 0.5) is 0 Å². The highest BCUT2D eigenvalue weighted by Crippen LogP contribution is 2.40. The van der Waals surface area contributed by atoms with Crippen LogP contribution < -0.4 is 14.2 Å². The maximum absolute atomic E-state index is 12.7. The minimum absolute atomic E-state index is 0.0372. The van der Waals surface area contributed by atoms with Crippen LogP contribution in [0.3, 0.4) is 0 Å². The van der Waals surface area contributed by atoms with Gasteiger partial charge in [0, 0.05) is 12.1 Å². The van der Waals surface area contributed by atoms with Crippen molar-refractivity contribution in [3.8, 4) is 17.2 Å². The van der Waals surface area contributed by atoms with Crippen molar-refractivity contribution in [2.24, 2.45) is 0 Å². The molecule has 0 aliphatic heterocycles. The molecule has 0 saturated heterocycles. The number of benzene rings is 2. The highest BCUT2D eigenvalue weighted by Gasteiger charge is 2.36. The summed E-state index contributed by atoms with van der Waals surface area (Å²) >= 11 is 12.0. The maximum atomic E-state index is 12.7. The molecule has 2 aromatic rings. The van der Waals surface area contributed by atoms with Crippen LogP contribution in [0, 0.1) is 0 Å². The summed E-state index contributed by atoms with van der Waals surface area (Å²) in [4.78, 5) is 25.1. The van der Waals surface area contributed by atoms with Crippen molar-refractivity contribution in [1.82, 2.24) is 0 Å². The zero-order chi connectivity index (χ0) is 20.8. The summed E-state index contributed by atoms with van der Waals surface area (Å²) in [5, 5.41) is 0.412. The molecule has 1 atom stereocenters. The van der Waals surface area contributed by atoms with Gasteiger partial charge in [0.05, 0.1) is 43.4 Å². The van der Waals surface area contributed by atoms with Crippen LogP contribution >= 0.6 is 31.0 Å². The molecular weight excluding hydrogens is 426 g/mol. The number of carbonyl (C=O) groups is 2. The fraction of sp³-hybridized carbons (Fsp3) is 0.263. The number of ketones is 1. The van der Waals surface area contributed by atoms with E-state index in [2.05, 4.69) is 0 Å². The van der Waals surface area contributed by atoms with Gasteiger partial charge in [0.2, 0.25) is 0 Å². The number of ether oxygens (including phenoxy) is 3. The Morgan fingerprint density at radius 2 is 1.46 bits per heavy atom. The molecule has 0 N–H and O–H groups in total. The quantitative estimate of drug-likeness (QED) is 0.388. The van der Waals surface area contributed by atoms with E-state index in [4.69, 9.17) is 37.4 Å². The Morgan fingerprint density at radius 1 is 0.929 bits per heavy atom. The number of methoxy groups -OCH3 is 3. The summed E-state index contributed by atoms with van der Waals surface area (Å²) in [6, 6.07) is 7.69. The van der Waals surface area contributed by atoms with E-state index in [1.54, 1.807) is 18.2 Å². The molecule has 0 heterocycles. The van der Waals surface area contributed by atoms with Gasteiger partial charge in [-0.1, -0.05) is 33.8 Å². The van der Waals surface area contributed by atoms with Crippen molar-refractivity contribution >= 4 is 42.3 Å². The van der Waals surface area contributed by atoms with E-state index in [1.165, 1.54) is 33.5 Å². The van der Waals surface area contributed by atoms with E-state index in [0.29, 0.717) is 5.75 Å². The number of carbonyl (C=O) groups excluding carboxylic acids is 2. The zero-order valence-corrected chi connectivity index (χ0v) is 17.9. The van der Waals surface area contributed by atoms with Gasteiger partial charge in [-0.3, -0.25) is 4.79 Å². The molecule has 6 nitrogen and oxygen atoms in total. The Bertz CT molecular complexity index is 883. The number of hydrogen-bond donors (Lipinski definition) is 0. The summed E-state index contributed by atoms with van der Waals surface area (Å²) in [5.41, 5.74) is -0.485. The second-order valence-corrected chi connectivity index (χ2v) is 8.01. The Morgan fingerprint density at radius 3 is 1.93 bits per heavy atom. The van der Waals surface area contributed by atoms with Crippen molar-refractivity contribution in [3.63, 3.8) is 0 Å². The summed E-state index contributed by atoms with van der Waals surface area (Å²) in [5.74, 6) is 0.375. The second-order valence-electron chi connectivity index (χ2n) is 5.58. The average Bonchev–Trinajstić information content (AvgIpc) is 2.70. The summed E-state index contributed by atoms with van der Waals surface area (Å²) in [6.45, 7) is 0. The van der Waals surface area contributed by atoms with Gasteiger partial charge < -0.3 is 14.2 Å². The number of halogens is 2. The van der Waals surface area contributed by atoms with Crippen molar-refractivity contribution < 1.29 is 28.4 Å². The second kappa shape index (κ2) is 9.87. The van der Waals surface area contributed by atoms with Crippen LogP contribution in [-0.2, 0) is 4.57 Å². The molecule has 28 heavy (non-hydrogen) atoms. The minimum Gasteiger partial charge on any atom is -0.496 e. The van der Waals surface area contributed by atoms with Crippen LogP contribution in [0.25, 0.3) is 0 Å². The number of hydrogen-bond acceptors (Lipinski definition) is 6. The third kappa shape index (κ3) is 4.82. The van der Waals surface area contributed by atoms with Gasteiger partial charge in [-0.2, -0.15) is 0 Å². The molecule has 0 amide bonds. The van der Waals surface area contributed by atoms with Crippen LogP contribution in [0.1, 0.15) is 27.1 Å². The summed E-state index contributed by atoms with van der Waals surface area (Å²) in [7, 11) is 1.80. The predicted molar refractivity (Wildman–Crippen MR) is 108 cm³/mol. The van der Waals surface area contributed by atoms with Gasteiger partial charge >= 0.3 is 13.3 Å². The molecule has 0 radical (unpaired) electrons. The van der Waals surface area contributed by atoms with Crippen LogP contribution in [0.2, 0.25) is 10.0 Å². The van der Waals surface area contributed by atoms with Gasteiger partial charge in [0.25, 0.3) is 0 Å². The molecule has 0 aromatic heterocycles. The number of Topliss-reactive ketones (excluding diaryl/α,β-unsaturated/α-hetero) is 1. The lowest BCUT2D eigenvalue weighted by Crippen LogP contribution is -2.07. The molecule has 148 valence electrons. The SMILES string of the molecule is COc1cc(OC)c(C(=O)[P+](=O)CCC(=O)c2c(Cl)cccc2Cl)c(OC)c1. The minimum atomic E-state index is -2.41. The average molecular weight is 444 g/mol. The van der Waals surface area contributed by atoms with E-state index in [-0.39, 0.29) is 51.0 Å². The topological polar surface area (TPSA) is 78.9 Å². The monoisotopic (exact) mass is 443 g/mol. The van der Waals surface area contributed by atoms with Gasteiger partial charge in [-0.25, -0.2) is 4.79 Å². The Kier molecular flexibility index (Phi) is 7.81. The van der Waals surface area contributed by atoms with E-state index >= 15 is 0 Å². The summed E-state index contributed by atoms with van der Waals surface area (Å²) < 4.78 is 28.1. The fourth-order valence-electron chi connectivity index (χ4n) is 2.53. The molecular formula is C19H18Cl2O6P+. The van der Waals surface area contributed by atoms with Crippen molar-refractivity contribution in [2.75, 3.05) is 27.5 Å². The maximum Gasteiger partial charge on any atom is 0.420 e.